The smallest absolute Gasteiger partial charge is 0.313 e. The quantitative estimate of drug-likeness (QED) is 0.361. The average Bonchev–Trinajstić information content (AvgIpc) is 3.33. The number of halogens is 1. The third-order valence-corrected chi connectivity index (χ3v) is 4.27. The van der Waals surface area contributed by atoms with Gasteiger partial charge in [-0.2, -0.15) is 9.49 Å². The number of rotatable bonds is 6. The van der Waals surface area contributed by atoms with E-state index in [1.165, 1.54) is 6.26 Å². The summed E-state index contributed by atoms with van der Waals surface area (Å²) in [6.45, 7) is 3.69. The van der Waals surface area contributed by atoms with Gasteiger partial charge in [-0.3, -0.25) is 24.4 Å². The van der Waals surface area contributed by atoms with Crippen LogP contribution >= 0.6 is 0 Å². The van der Waals surface area contributed by atoms with E-state index in [2.05, 4.69) is 15.7 Å². The van der Waals surface area contributed by atoms with Crippen LogP contribution in [0.4, 0.5) is 15.8 Å². The molecule has 1 aromatic carbocycles. The van der Waals surface area contributed by atoms with Crippen molar-refractivity contribution in [1.29, 1.82) is 0 Å². The number of hydrogen-bond acceptors (Lipinski definition) is 6. The van der Waals surface area contributed by atoms with Crippen molar-refractivity contribution in [3.05, 3.63) is 75.7 Å². The van der Waals surface area contributed by atoms with E-state index in [1.807, 2.05) is 19.9 Å². The van der Waals surface area contributed by atoms with Gasteiger partial charge in [-0.25, -0.2) is 0 Å². The van der Waals surface area contributed by atoms with Gasteiger partial charge < -0.3 is 15.1 Å². The summed E-state index contributed by atoms with van der Waals surface area (Å²) >= 11 is 0. The van der Waals surface area contributed by atoms with Crippen molar-refractivity contribution >= 4 is 23.2 Å². The van der Waals surface area contributed by atoms with E-state index in [4.69, 9.17) is 4.42 Å². The molecule has 0 fully saturated rings. The lowest BCUT2D eigenvalue weighted by molar-refractivity contribution is -0.387. The molecule has 0 saturated heterocycles. The second kappa shape index (κ2) is 8.55. The van der Waals surface area contributed by atoms with Crippen LogP contribution in [-0.2, 0) is 9.59 Å². The summed E-state index contributed by atoms with van der Waals surface area (Å²) in [6, 6.07) is 7.59. The summed E-state index contributed by atoms with van der Waals surface area (Å²) in [5, 5.41) is 19.9. The van der Waals surface area contributed by atoms with Gasteiger partial charge >= 0.3 is 17.5 Å². The third-order valence-electron chi connectivity index (χ3n) is 4.27. The highest BCUT2D eigenvalue weighted by Crippen LogP contribution is 2.22. The largest absolute Gasteiger partial charge is 0.467 e. The van der Waals surface area contributed by atoms with Crippen LogP contribution in [0.3, 0.4) is 0 Å². The summed E-state index contributed by atoms with van der Waals surface area (Å²) in [5.74, 6) is -2.53. The van der Waals surface area contributed by atoms with Crippen LogP contribution in [-0.4, -0.2) is 33.1 Å². The van der Waals surface area contributed by atoms with Gasteiger partial charge in [-0.15, -0.1) is 0 Å². The first-order valence-corrected chi connectivity index (χ1v) is 8.85. The second-order valence-electron chi connectivity index (χ2n) is 6.49. The molecular formula is C19H18FN5O5. The van der Waals surface area contributed by atoms with Crippen molar-refractivity contribution in [2.75, 3.05) is 11.9 Å². The number of aryl methyl sites for hydroxylation is 2. The van der Waals surface area contributed by atoms with Gasteiger partial charge in [0.25, 0.3) is 0 Å². The fourth-order valence-electron chi connectivity index (χ4n) is 2.94. The van der Waals surface area contributed by atoms with Crippen LogP contribution in [0.1, 0.15) is 23.2 Å². The van der Waals surface area contributed by atoms with Gasteiger partial charge in [-0.1, -0.05) is 0 Å². The predicted octanol–water partition coefficient (Wildman–Crippen LogP) is 2.48. The maximum Gasteiger partial charge on any atom is 0.313 e. The van der Waals surface area contributed by atoms with Crippen LogP contribution in [0.2, 0.25) is 0 Å². The standard InChI is InChI=1S/C19H18FN5O5/c1-11-8-12(2)24(23-11)16(17-4-3-7-30-17)10-21-18(26)19(27)22-13-5-6-14(20)15(9-13)25(28)29/h3-9,16H,10H2,1-2H3,(H,21,26)(H,22,27). The number of carbonyl (C=O) groups excluding carboxylic acids is 2. The van der Waals surface area contributed by atoms with E-state index in [-0.39, 0.29) is 12.2 Å². The van der Waals surface area contributed by atoms with Crippen LogP contribution in [0, 0.1) is 29.8 Å². The molecule has 156 valence electrons. The molecule has 0 spiro atoms. The molecule has 0 aliphatic heterocycles. The van der Waals surface area contributed by atoms with Crippen molar-refractivity contribution in [3.8, 4) is 0 Å². The number of benzene rings is 1. The Morgan fingerprint density at radius 1 is 1.27 bits per heavy atom. The Kier molecular flexibility index (Phi) is 5.90. The summed E-state index contributed by atoms with van der Waals surface area (Å²) in [5.41, 5.74) is 0.734. The number of nitrogens with zero attached hydrogens (tertiary/aromatic N) is 3. The van der Waals surface area contributed by atoms with Crippen molar-refractivity contribution in [1.82, 2.24) is 15.1 Å². The molecule has 1 unspecified atom stereocenters. The fraction of sp³-hybridized carbons (Fsp3) is 0.211. The molecule has 0 saturated carbocycles. The first kappa shape index (κ1) is 20.7. The van der Waals surface area contributed by atoms with Crippen LogP contribution in [0.5, 0.6) is 0 Å². The van der Waals surface area contributed by atoms with Gasteiger partial charge in [0.2, 0.25) is 5.82 Å². The van der Waals surface area contributed by atoms with Crippen molar-refractivity contribution < 1.29 is 23.3 Å². The van der Waals surface area contributed by atoms with Crippen molar-refractivity contribution in [3.63, 3.8) is 0 Å². The summed E-state index contributed by atoms with van der Waals surface area (Å²) in [6.07, 6.45) is 1.49. The molecule has 1 atom stereocenters. The number of furan rings is 1. The Balaban J connectivity index is 1.70. The van der Waals surface area contributed by atoms with Crippen LogP contribution in [0.25, 0.3) is 0 Å². The van der Waals surface area contributed by atoms with Gasteiger partial charge in [0.1, 0.15) is 11.8 Å². The minimum Gasteiger partial charge on any atom is -0.467 e. The zero-order valence-corrected chi connectivity index (χ0v) is 16.1. The number of amides is 2. The monoisotopic (exact) mass is 415 g/mol. The molecule has 2 aromatic heterocycles. The Hall–Kier alpha value is -4.02. The number of aromatic nitrogens is 2. The first-order valence-electron chi connectivity index (χ1n) is 8.85. The Morgan fingerprint density at radius 2 is 2.03 bits per heavy atom. The lowest BCUT2D eigenvalue weighted by atomic mass is 10.2. The molecule has 2 amide bonds. The van der Waals surface area contributed by atoms with Crippen molar-refractivity contribution in [2.24, 2.45) is 0 Å². The number of nitro groups is 1. The van der Waals surface area contributed by atoms with Crippen molar-refractivity contribution in [2.45, 2.75) is 19.9 Å². The highest BCUT2D eigenvalue weighted by atomic mass is 19.1. The van der Waals surface area contributed by atoms with Gasteiger partial charge in [0.15, 0.2) is 0 Å². The Morgan fingerprint density at radius 3 is 2.63 bits per heavy atom. The fourth-order valence-corrected chi connectivity index (χ4v) is 2.94. The average molecular weight is 415 g/mol. The molecule has 0 aliphatic carbocycles. The normalized spacial score (nSPS) is 11.7. The molecule has 30 heavy (non-hydrogen) atoms. The highest BCUT2D eigenvalue weighted by Gasteiger charge is 2.23. The summed E-state index contributed by atoms with van der Waals surface area (Å²) < 4.78 is 20.5. The van der Waals surface area contributed by atoms with E-state index in [9.17, 15) is 24.1 Å². The molecule has 11 heteroatoms. The SMILES string of the molecule is Cc1cc(C)n(C(CNC(=O)C(=O)Nc2ccc(F)c([N+](=O)[O-])c2)c2ccco2)n1. The highest BCUT2D eigenvalue weighted by molar-refractivity contribution is 6.39. The second-order valence-corrected chi connectivity index (χ2v) is 6.49. The maximum absolute atomic E-state index is 13.4. The van der Waals surface area contributed by atoms with E-state index < -0.39 is 34.3 Å². The molecule has 10 nitrogen and oxygen atoms in total. The topological polar surface area (TPSA) is 132 Å². The van der Waals surface area contributed by atoms with E-state index in [0.717, 1.165) is 29.6 Å². The van der Waals surface area contributed by atoms with Crippen LogP contribution in [0.15, 0.2) is 47.1 Å². The maximum atomic E-state index is 13.4. The van der Waals surface area contributed by atoms with Gasteiger partial charge in [0.05, 0.1) is 16.9 Å². The molecule has 0 aliphatic rings. The van der Waals surface area contributed by atoms with E-state index >= 15 is 0 Å². The third kappa shape index (κ3) is 4.51. The number of nitrogens with one attached hydrogen (secondary N) is 2. The number of anilines is 1. The Labute approximate surface area is 169 Å². The zero-order chi connectivity index (χ0) is 21.8. The Bertz CT molecular complexity index is 1090. The van der Waals surface area contributed by atoms with E-state index in [1.54, 1.807) is 16.8 Å². The molecule has 0 radical (unpaired) electrons. The van der Waals surface area contributed by atoms with E-state index in [0.29, 0.717) is 5.76 Å². The lowest BCUT2D eigenvalue weighted by Crippen LogP contribution is -2.39. The predicted molar refractivity (Wildman–Crippen MR) is 103 cm³/mol. The summed E-state index contributed by atoms with van der Waals surface area (Å²) in [4.78, 5) is 34.3. The van der Waals surface area contributed by atoms with Gasteiger partial charge in [-0.05, 0) is 44.2 Å². The van der Waals surface area contributed by atoms with Gasteiger partial charge in [0, 0.05) is 24.0 Å². The minimum atomic E-state index is -1.05. The summed E-state index contributed by atoms with van der Waals surface area (Å²) in [7, 11) is 0. The molecular weight excluding hydrogens is 397 g/mol. The molecule has 3 rings (SSSR count). The number of hydrogen-bond donors (Lipinski definition) is 2. The zero-order valence-electron chi connectivity index (χ0n) is 16.1. The minimum absolute atomic E-state index is 0.00525. The molecule has 2 N–H and O–H groups in total. The molecule has 0 bridgehead atoms. The number of nitro benzene ring substituents is 1. The molecule has 3 aromatic rings. The lowest BCUT2D eigenvalue weighted by Gasteiger charge is -2.18. The van der Waals surface area contributed by atoms with Crippen LogP contribution < -0.4 is 10.6 Å². The number of carbonyl (C=O) groups is 2. The first-order chi connectivity index (χ1) is 14.3. The molecule has 2 heterocycles.